The molecule has 1 aromatic heterocycles. The average Bonchev–Trinajstić information content (AvgIpc) is 2.47. The van der Waals surface area contributed by atoms with Crippen molar-refractivity contribution in [3.05, 3.63) is 34.7 Å². The summed E-state index contributed by atoms with van der Waals surface area (Å²) in [5.74, 6) is -1.05. The summed E-state index contributed by atoms with van der Waals surface area (Å²) >= 11 is 5.76. The number of hydrogen-bond acceptors (Lipinski definition) is 1. The lowest BCUT2D eigenvalue weighted by Gasteiger charge is -1.93. The molecule has 0 aliphatic carbocycles. The van der Waals surface area contributed by atoms with E-state index in [0.717, 1.165) is 0 Å². The van der Waals surface area contributed by atoms with Gasteiger partial charge in [0.2, 0.25) is 0 Å². The topological polar surface area (TPSA) is 58.9 Å². The second kappa shape index (κ2) is 2.99. The molecule has 3 nitrogen and oxygen atoms in total. The van der Waals surface area contributed by atoms with E-state index in [-0.39, 0.29) is 10.7 Å². The first-order valence-corrected chi connectivity index (χ1v) is 4.23. The molecule has 0 saturated heterocycles. The molecule has 2 rings (SSSR count). The lowest BCUT2D eigenvalue weighted by molar-refractivity contribution is 0.0996. The van der Waals surface area contributed by atoms with Gasteiger partial charge in [0.1, 0.15) is 11.5 Å². The van der Waals surface area contributed by atoms with Crippen LogP contribution in [0.3, 0.4) is 0 Å². The number of H-pyrrole nitrogens is 1. The van der Waals surface area contributed by atoms with Crippen molar-refractivity contribution in [2.45, 2.75) is 0 Å². The van der Waals surface area contributed by atoms with Crippen LogP contribution in [-0.4, -0.2) is 10.9 Å². The quantitative estimate of drug-likeness (QED) is 0.747. The summed E-state index contributed by atoms with van der Waals surface area (Å²) in [6.45, 7) is 0. The Hall–Kier alpha value is -1.55. The minimum Gasteiger partial charge on any atom is -0.364 e. The maximum absolute atomic E-state index is 12.9. The Morgan fingerprint density at radius 3 is 2.79 bits per heavy atom. The predicted molar refractivity (Wildman–Crippen MR) is 51.8 cm³/mol. The minimum atomic E-state index is -0.599. The van der Waals surface area contributed by atoms with Gasteiger partial charge in [-0.15, -0.1) is 0 Å². The zero-order chi connectivity index (χ0) is 10.3. The van der Waals surface area contributed by atoms with Crippen molar-refractivity contribution < 1.29 is 9.18 Å². The molecule has 0 radical (unpaired) electrons. The lowest BCUT2D eigenvalue weighted by atomic mass is 10.2. The molecule has 1 aromatic carbocycles. The minimum absolute atomic E-state index is 0.215. The van der Waals surface area contributed by atoms with Gasteiger partial charge in [-0.05, 0) is 18.2 Å². The molecule has 5 heteroatoms. The Morgan fingerprint density at radius 2 is 2.14 bits per heavy atom. The van der Waals surface area contributed by atoms with Gasteiger partial charge in [-0.25, -0.2) is 4.39 Å². The fourth-order valence-corrected chi connectivity index (χ4v) is 1.56. The van der Waals surface area contributed by atoms with Crippen molar-refractivity contribution in [2.24, 2.45) is 5.73 Å². The largest absolute Gasteiger partial charge is 0.364 e. The summed E-state index contributed by atoms with van der Waals surface area (Å²) in [4.78, 5) is 13.5. The number of aromatic amines is 1. The monoisotopic (exact) mass is 212 g/mol. The number of benzene rings is 1. The molecule has 0 fully saturated rings. The third kappa shape index (κ3) is 1.33. The number of nitrogens with two attached hydrogens (primary N) is 1. The number of halogens is 2. The van der Waals surface area contributed by atoms with Crippen molar-refractivity contribution >= 4 is 28.4 Å². The predicted octanol–water partition coefficient (Wildman–Crippen LogP) is 2.06. The molecule has 0 atom stereocenters. The van der Waals surface area contributed by atoms with E-state index >= 15 is 0 Å². The van der Waals surface area contributed by atoms with Crippen LogP contribution < -0.4 is 5.73 Å². The van der Waals surface area contributed by atoms with Crippen LogP contribution >= 0.6 is 11.6 Å². The summed E-state index contributed by atoms with van der Waals surface area (Å²) < 4.78 is 12.9. The second-order valence-corrected chi connectivity index (χ2v) is 3.31. The molecule has 1 amide bonds. The molecule has 0 saturated carbocycles. The van der Waals surface area contributed by atoms with Crippen LogP contribution in [0.25, 0.3) is 10.9 Å². The molecule has 0 aliphatic rings. The Labute approximate surface area is 83.7 Å². The maximum atomic E-state index is 12.9. The van der Waals surface area contributed by atoms with Crippen LogP contribution in [0.5, 0.6) is 0 Å². The van der Waals surface area contributed by atoms with Gasteiger partial charge in [0.05, 0.1) is 10.5 Å². The number of amides is 1. The van der Waals surface area contributed by atoms with Crippen molar-refractivity contribution in [3.8, 4) is 0 Å². The van der Waals surface area contributed by atoms with Crippen LogP contribution in [0.15, 0.2) is 18.2 Å². The highest BCUT2D eigenvalue weighted by Gasteiger charge is 2.09. The Morgan fingerprint density at radius 1 is 1.43 bits per heavy atom. The van der Waals surface area contributed by atoms with Crippen LogP contribution in [0, 0.1) is 5.82 Å². The molecule has 0 spiro atoms. The molecular formula is C9H6ClFN2O. The first-order chi connectivity index (χ1) is 6.58. The van der Waals surface area contributed by atoms with E-state index < -0.39 is 11.7 Å². The van der Waals surface area contributed by atoms with Crippen LogP contribution in [0.2, 0.25) is 5.02 Å². The van der Waals surface area contributed by atoms with Crippen LogP contribution in [-0.2, 0) is 0 Å². The van der Waals surface area contributed by atoms with E-state index in [2.05, 4.69) is 4.98 Å². The van der Waals surface area contributed by atoms with Gasteiger partial charge in [0, 0.05) is 5.39 Å². The van der Waals surface area contributed by atoms with Gasteiger partial charge >= 0.3 is 0 Å². The number of aromatic nitrogens is 1. The number of nitrogens with one attached hydrogen (secondary N) is 1. The van der Waals surface area contributed by atoms with Crippen molar-refractivity contribution in [1.29, 1.82) is 0 Å². The molecule has 14 heavy (non-hydrogen) atoms. The van der Waals surface area contributed by atoms with E-state index in [1.165, 1.54) is 18.2 Å². The average molecular weight is 213 g/mol. The van der Waals surface area contributed by atoms with E-state index in [9.17, 15) is 9.18 Å². The van der Waals surface area contributed by atoms with Crippen LogP contribution in [0.4, 0.5) is 4.39 Å². The van der Waals surface area contributed by atoms with E-state index in [1.54, 1.807) is 0 Å². The highest BCUT2D eigenvalue weighted by atomic mass is 35.5. The van der Waals surface area contributed by atoms with Gasteiger partial charge in [-0.2, -0.15) is 0 Å². The molecule has 3 N–H and O–H groups in total. The summed E-state index contributed by atoms with van der Waals surface area (Å²) in [6.07, 6.45) is 0. The standard InChI is InChI=1S/C9H6ClFN2O/c10-6-3-5(11)1-4-2-7(9(12)14)13-8(4)6/h1-3,13H,(H2,12,14). The summed E-state index contributed by atoms with van der Waals surface area (Å²) in [5.41, 5.74) is 5.79. The highest BCUT2D eigenvalue weighted by Crippen LogP contribution is 2.24. The number of hydrogen-bond donors (Lipinski definition) is 2. The Balaban J connectivity index is 2.76. The SMILES string of the molecule is NC(=O)c1cc2cc(F)cc(Cl)c2[nH]1. The number of fused-ring (bicyclic) bond motifs is 1. The van der Waals surface area contributed by atoms with Gasteiger partial charge in [-0.1, -0.05) is 11.6 Å². The number of rotatable bonds is 1. The van der Waals surface area contributed by atoms with Gasteiger partial charge in [-0.3, -0.25) is 4.79 Å². The van der Waals surface area contributed by atoms with Gasteiger partial charge in [0.25, 0.3) is 5.91 Å². The lowest BCUT2D eigenvalue weighted by Crippen LogP contribution is -2.10. The van der Waals surface area contributed by atoms with Gasteiger partial charge in [0.15, 0.2) is 0 Å². The summed E-state index contributed by atoms with van der Waals surface area (Å²) in [7, 11) is 0. The maximum Gasteiger partial charge on any atom is 0.265 e. The zero-order valence-corrected chi connectivity index (χ0v) is 7.73. The molecular weight excluding hydrogens is 207 g/mol. The molecule has 72 valence electrons. The van der Waals surface area contributed by atoms with Gasteiger partial charge < -0.3 is 10.7 Å². The first kappa shape index (κ1) is 9.02. The van der Waals surface area contributed by atoms with E-state index in [4.69, 9.17) is 17.3 Å². The normalized spacial score (nSPS) is 10.7. The molecule has 1 heterocycles. The van der Waals surface area contributed by atoms with Crippen molar-refractivity contribution in [2.75, 3.05) is 0 Å². The Kier molecular flexibility index (Phi) is 1.93. The fourth-order valence-electron chi connectivity index (χ4n) is 1.30. The summed E-state index contributed by atoms with van der Waals surface area (Å²) in [6, 6.07) is 3.92. The number of carbonyl (C=O) groups excluding carboxylic acids is 1. The first-order valence-electron chi connectivity index (χ1n) is 3.85. The van der Waals surface area contributed by atoms with Crippen LogP contribution in [0.1, 0.15) is 10.5 Å². The zero-order valence-electron chi connectivity index (χ0n) is 6.97. The molecule has 2 aromatic rings. The summed E-state index contributed by atoms with van der Waals surface area (Å²) in [5, 5.41) is 0.760. The third-order valence-corrected chi connectivity index (χ3v) is 2.21. The number of carbonyl (C=O) groups is 1. The smallest absolute Gasteiger partial charge is 0.265 e. The van der Waals surface area contributed by atoms with E-state index in [0.29, 0.717) is 10.9 Å². The number of primary amides is 1. The molecule has 0 aliphatic heterocycles. The van der Waals surface area contributed by atoms with E-state index in [1.807, 2.05) is 0 Å². The van der Waals surface area contributed by atoms with Crippen molar-refractivity contribution in [3.63, 3.8) is 0 Å². The molecule has 0 unspecified atom stereocenters. The third-order valence-electron chi connectivity index (χ3n) is 1.91. The Bertz CT molecular complexity index is 521. The van der Waals surface area contributed by atoms with Crippen molar-refractivity contribution in [1.82, 2.24) is 4.98 Å². The second-order valence-electron chi connectivity index (χ2n) is 2.90. The fraction of sp³-hybridized carbons (Fsp3) is 0. The highest BCUT2D eigenvalue weighted by molar-refractivity contribution is 6.35. The molecule has 0 bridgehead atoms.